The Morgan fingerprint density at radius 2 is 1.17 bits per heavy atom. The van der Waals surface area contributed by atoms with E-state index in [9.17, 15) is 24.0 Å². The molecule has 5 atom stereocenters. The van der Waals surface area contributed by atoms with Gasteiger partial charge >= 0.3 is 12.1 Å². The lowest BCUT2D eigenvalue weighted by Crippen LogP contribution is -2.56. The van der Waals surface area contributed by atoms with Crippen LogP contribution in [0.4, 0.5) is 4.79 Å². The van der Waals surface area contributed by atoms with Crippen molar-refractivity contribution in [1.29, 1.82) is 0 Å². The van der Waals surface area contributed by atoms with Gasteiger partial charge in [0.1, 0.15) is 35.9 Å². The molecule has 0 radical (unpaired) electrons. The minimum absolute atomic E-state index is 0.0373. The standard InChI is InChI=1S/C37H47N3O6.C9H17NO2.C2H6/c1-26(2)23-31(38-33(41)30(40-36(44)46-37(3,4)5)22-21-27-15-9-6-10-16-27)34(42)39-32(24-28-17-11-7-12-18-28)35(43)45-25-29-19-13-8-14-20-29;1-6(2)4-7(10)8(11)9(3)5-12-9;1-2/h6-20,26,30-32H,21-25H2,1-5H3,(H,38,41)(H,39,42)(H,40,44);6-7H,4-5,10H2,1-3H3;1-2H3/t30-,31-,32-;7-,9+;/m00./s1. The summed E-state index contributed by atoms with van der Waals surface area (Å²) in [6.07, 6.45) is 1.34. The van der Waals surface area contributed by atoms with Gasteiger partial charge in [-0.25, -0.2) is 9.59 Å². The van der Waals surface area contributed by atoms with Crippen molar-refractivity contribution in [2.75, 3.05) is 6.61 Å². The normalized spacial score (nSPS) is 16.3. The SMILES string of the molecule is CC.CC(C)C[C@H](N)C(=O)[C@@]1(C)CO1.CC(C)C[C@H](NC(=O)[C@H](CCc1ccccc1)NC(=O)OC(C)(C)C)C(=O)N[C@@H](Cc1ccccc1)C(=O)OCc1ccccc1. The van der Waals surface area contributed by atoms with Gasteiger partial charge in [0.15, 0.2) is 5.78 Å². The first-order valence-corrected chi connectivity index (χ1v) is 21.2. The van der Waals surface area contributed by atoms with E-state index >= 15 is 0 Å². The number of benzene rings is 3. The van der Waals surface area contributed by atoms with Crippen molar-refractivity contribution in [3.05, 3.63) is 108 Å². The Labute approximate surface area is 358 Å². The van der Waals surface area contributed by atoms with Crippen molar-refractivity contribution >= 4 is 29.7 Å². The summed E-state index contributed by atoms with van der Waals surface area (Å²) in [6, 6.07) is 25.0. The van der Waals surface area contributed by atoms with Crippen LogP contribution in [-0.2, 0) is 52.8 Å². The second-order valence-corrected chi connectivity index (χ2v) is 16.9. The number of nitrogens with one attached hydrogen (secondary N) is 3. The molecule has 0 bridgehead atoms. The molecule has 1 aliphatic rings. The van der Waals surface area contributed by atoms with Gasteiger partial charge in [0.25, 0.3) is 0 Å². The number of aryl methyl sites for hydroxylation is 1. The lowest BCUT2D eigenvalue weighted by Gasteiger charge is -2.27. The van der Waals surface area contributed by atoms with Crippen molar-refractivity contribution in [2.45, 2.75) is 143 Å². The fourth-order valence-electron chi connectivity index (χ4n) is 6.05. The topological polar surface area (TPSA) is 178 Å². The van der Waals surface area contributed by atoms with Gasteiger partial charge in [-0.15, -0.1) is 0 Å². The highest BCUT2D eigenvalue weighted by Gasteiger charge is 2.48. The zero-order chi connectivity index (χ0) is 44.9. The maximum absolute atomic E-state index is 13.8. The van der Waals surface area contributed by atoms with E-state index in [4.69, 9.17) is 19.9 Å². The van der Waals surface area contributed by atoms with Crippen LogP contribution >= 0.6 is 0 Å². The highest BCUT2D eigenvalue weighted by molar-refractivity contribution is 5.94. The maximum Gasteiger partial charge on any atom is 0.408 e. The van der Waals surface area contributed by atoms with Gasteiger partial charge in [-0.05, 0) is 81.9 Å². The minimum atomic E-state index is -0.987. The molecule has 3 amide bonds. The second-order valence-electron chi connectivity index (χ2n) is 16.9. The van der Waals surface area contributed by atoms with E-state index in [2.05, 4.69) is 29.8 Å². The molecule has 5 N–H and O–H groups in total. The summed E-state index contributed by atoms with van der Waals surface area (Å²) >= 11 is 0. The first-order valence-electron chi connectivity index (χ1n) is 21.2. The number of ether oxygens (including phenoxy) is 3. The molecule has 4 rings (SSSR count). The Balaban J connectivity index is 0.000000751. The first kappa shape index (κ1) is 51.1. The lowest BCUT2D eigenvalue weighted by atomic mass is 9.94. The van der Waals surface area contributed by atoms with Gasteiger partial charge in [-0.1, -0.05) is 133 Å². The fourth-order valence-corrected chi connectivity index (χ4v) is 6.05. The van der Waals surface area contributed by atoms with Gasteiger partial charge in [0.2, 0.25) is 11.8 Å². The number of hydrogen-bond donors (Lipinski definition) is 4. The highest BCUT2D eigenvalue weighted by Crippen LogP contribution is 2.29. The summed E-state index contributed by atoms with van der Waals surface area (Å²) in [5.74, 6) is -1.06. The quantitative estimate of drug-likeness (QED) is 0.0715. The maximum atomic E-state index is 13.8. The second kappa shape index (κ2) is 25.5. The Morgan fingerprint density at radius 1 is 0.700 bits per heavy atom. The fraction of sp³-hybridized carbons (Fsp3) is 0.521. The van der Waals surface area contributed by atoms with E-state index in [1.54, 1.807) is 27.7 Å². The third kappa shape index (κ3) is 19.8. The molecule has 3 aromatic carbocycles. The first-order chi connectivity index (χ1) is 28.3. The number of amides is 3. The van der Waals surface area contributed by atoms with Crippen LogP contribution in [0.25, 0.3) is 0 Å². The Kier molecular flexibility index (Phi) is 21.7. The van der Waals surface area contributed by atoms with E-state index in [1.165, 1.54) is 0 Å². The van der Waals surface area contributed by atoms with Gasteiger partial charge < -0.3 is 35.9 Å². The molecule has 330 valence electrons. The number of epoxide rings is 1. The molecule has 1 saturated heterocycles. The van der Waals surface area contributed by atoms with Crippen molar-refractivity contribution < 1.29 is 38.2 Å². The number of ketones is 1. The third-order valence-corrected chi connectivity index (χ3v) is 9.18. The summed E-state index contributed by atoms with van der Waals surface area (Å²) in [5, 5.41) is 8.37. The number of rotatable bonds is 19. The Bertz CT molecular complexity index is 1740. The predicted octanol–water partition coefficient (Wildman–Crippen LogP) is 7.26. The van der Waals surface area contributed by atoms with Gasteiger partial charge in [0, 0.05) is 6.42 Å². The average molecular weight is 831 g/mol. The van der Waals surface area contributed by atoms with Crippen molar-refractivity contribution in [1.82, 2.24) is 16.0 Å². The molecule has 0 aromatic heterocycles. The molecule has 1 heterocycles. The van der Waals surface area contributed by atoms with Crippen LogP contribution in [0.5, 0.6) is 0 Å². The summed E-state index contributed by atoms with van der Waals surface area (Å²) in [6.45, 7) is 19.6. The van der Waals surface area contributed by atoms with Crippen LogP contribution in [0.1, 0.15) is 105 Å². The summed E-state index contributed by atoms with van der Waals surface area (Å²) in [7, 11) is 0. The van der Waals surface area contributed by atoms with Crippen molar-refractivity contribution in [3.63, 3.8) is 0 Å². The Morgan fingerprint density at radius 3 is 1.65 bits per heavy atom. The average Bonchev–Trinajstić information content (AvgIpc) is 3.96. The van der Waals surface area contributed by atoms with Crippen molar-refractivity contribution in [2.24, 2.45) is 17.6 Å². The molecule has 60 heavy (non-hydrogen) atoms. The number of carbonyl (C=O) groups excluding carboxylic acids is 5. The summed E-state index contributed by atoms with van der Waals surface area (Å²) < 4.78 is 16.0. The van der Waals surface area contributed by atoms with Crippen LogP contribution < -0.4 is 21.7 Å². The molecule has 0 spiro atoms. The van der Waals surface area contributed by atoms with Crippen molar-refractivity contribution in [3.8, 4) is 0 Å². The van der Waals surface area contributed by atoms with Crippen LogP contribution in [0, 0.1) is 11.8 Å². The molecule has 1 fully saturated rings. The predicted molar refractivity (Wildman–Crippen MR) is 236 cm³/mol. The van der Waals surface area contributed by atoms with Crippen LogP contribution in [0.15, 0.2) is 91.0 Å². The monoisotopic (exact) mass is 831 g/mol. The molecule has 3 aromatic rings. The zero-order valence-electron chi connectivity index (χ0n) is 37.4. The molecule has 0 aliphatic carbocycles. The van der Waals surface area contributed by atoms with Crippen LogP contribution in [-0.4, -0.2) is 71.6 Å². The molecule has 0 saturated carbocycles. The molecular formula is C48H70N4O8. The number of carbonyl (C=O) groups is 5. The highest BCUT2D eigenvalue weighted by atomic mass is 16.6. The largest absolute Gasteiger partial charge is 0.459 e. The van der Waals surface area contributed by atoms with Gasteiger partial charge in [-0.3, -0.25) is 14.4 Å². The summed E-state index contributed by atoms with van der Waals surface area (Å²) in [4.78, 5) is 64.9. The number of alkyl carbamates (subject to hydrolysis) is 1. The van der Waals surface area contributed by atoms with Crippen LogP contribution in [0.3, 0.4) is 0 Å². The van der Waals surface area contributed by atoms with E-state index in [0.29, 0.717) is 25.4 Å². The third-order valence-electron chi connectivity index (χ3n) is 9.18. The van der Waals surface area contributed by atoms with Gasteiger partial charge in [0.05, 0.1) is 12.6 Å². The smallest absolute Gasteiger partial charge is 0.408 e. The molecule has 12 nitrogen and oxygen atoms in total. The van der Waals surface area contributed by atoms with E-state index < -0.39 is 53.2 Å². The molecule has 0 unspecified atom stereocenters. The number of Topliss-reactive ketones (excluding diaryl/α,β-unsaturated/α-hetero) is 1. The van der Waals surface area contributed by atoms with Crippen LogP contribution in [0.2, 0.25) is 0 Å². The summed E-state index contributed by atoms with van der Waals surface area (Å²) in [5.41, 5.74) is 7.08. The molecule has 12 heteroatoms. The minimum Gasteiger partial charge on any atom is -0.459 e. The van der Waals surface area contributed by atoms with E-state index in [0.717, 1.165) is 23.1 Å². The molecule has 1 aliphatic heterocycles. The number of esters is 1. The molecular weight excluding hydrogens is 761 g/mol. The lowest BCUT2D eigenvalue weighted by molar-refractivity contribution is -0.149. The zero-order valence-corrected chi connectivity index (χ0v) is 37.4. The van der Waals surface area contributed by atoms with E-state index in [1.807, 2.05) is 119 Å². The number of hydrogen-bond acceptors (Lipinski definition) is 9. The number of nitrogens with two attached hydrogens (primary N) is 1. The van der Waals surface area contributed by atoms with E-state index in [-0.39, 0.29) is 37.2 Å². The Hall–Kier alpha value is -5.07. The van der Waals surface area contributed by atoms with Gasteiger partial charge in [-0.2, -0.15) is 0 Å².